The fraction of sp³-hybridized carbons (Fsp3) is 0.615. The molecule has 1 aliphatic carbocycles. The van der Waals surface area contributed by atoms with Crippen LogP contribution in [0.1, 0.15) is 19.3 Å². The molecule has 1 saturated heterocycles. The van der Waals surface area contributed by atoms with E-state index in [0.29, 0.717) is 37.1 Å². The summed E-state index contributed by atoms with van der Waals surface area (Å²) in [4.78, 5) is 25.7. The summed E-state index contributed by atoms with van der Waals surface area (Å²) in [6, 6.07) is 0.395. The fourth-order valence-electron chi connectivity index (χ4n) is 2.54. The molecule has 20 heavy (non-hydrogen) atoms. The number of hydrogen-bond donors (Lipinski definition) is 1. The van der Waals surface area contributed by atoms with Crippen LogP contribution < -0.4 is 5.32 Å². The van der Waals surface area contributed by atoms with E-state index in [2.05, 4.69) is 10.4 Å². The summed E-state index contributed by atoms with van der Waals surface area (Å²) in [6.07, 6.45) is 5.78. The van der Waals surface area contributed by atoms with Gasteiger partial charge in [-0.1, -0.05) is 11.6 Å². The van der Waals surface area contributed by atoms with Crippen LogP contribution in [0.15, 0.2) is 12.4 Å². The molecular weight excluding hydrogens is 280 g/mol. The summed E-state index contributed by atoms with van der Waals surface area (Å²) in [5.41, 5.74) is 0. The van der Waals surface area contributed by atoms with E-state index >= 15 is 0 Å². The normalized spacial score (nSPS) is 22.4. The zero-order valence-electron chi connectivity index (χ0n) is 11.1. The second kappa shape index (κ2) is 5.44. The highest BCUT2D eigenvalue weighted by molar-refractivity contribution is 6.30. The van der Waals surface area contributed by atoms with E-state index < -0.39 is 0 Å². The number of hydrogen-bond acceptors (Lipinski definition) is 3. The number of aromatic nitrogens is 2. The van der Waals surface area contributed by atoms with E-state index in [1.165, 1.54) is 0 Å². The van der Waals surface area contributed by atoms with Crippen LogP contribution in [0.25, 0.3) is 0 Å². The van der Waals surface area contributed by atoms with Gasteiger partial charge in [0.05, 0.1) is 23.7 Å². The Bertz CT molecular complexity index is 526. The van der Waals surface area contributed by atoms with E-state index in [1.807, 2.05) is 4.90 Å². The molecule has 7 heteroatoms. The number of likely N-dealkylation sites (tertiary alicyclic amines) is 1. The lowest BCUT2D eigenvalue weighted by atomic mass is 10.1. The molecule has 2 fully saturated rings. The lowest BCUT2D eigenvalue weighted by molar-refractivity contribution is -0.129. The molecular formula is C13H17ClN4O2. The second-order valence-corrected chi connectivity index (χ2v) is 5.83. The van der Waals surface area contributed by atoms with Crippen LogP contribution in [0.3, 0.4) is 0 Å². The Morgan fingerprint density at radius 2 is 2.30 bits per heavy atom. The van der Waals surface area contributed by atoms with Gasteiger partial charge in [-0.3, -0.25) is 14.3 Å². The number of carbonyl (C=O) groups is 2. The lowest BCUT2D eigenvalue weighted by Gasteiger charge is -2.15. The molecule has 0 unspecified atom stereocenters. The van der Waals surface area contributed by atoms with E-state index in [0.717, 1.165) is 12.8 Å². The molecule has 1 aliphatic heterocycles. The Labute approximate surface area is 122 Å². The molecule has 2 amide bonds. The van der Waals surface area contributed by atoms with Crippen molar-refractivity contribution in [3.8, 4) is 0 Å². The zero-order valence-corrected chi connectivity index (χ0v) is 11.8. The summed E-state index contributed by atoms with van der Waals surface area (Å²) in [6.45, 7) is 1.64. The first-order valence-corrected chi connectivity index (χ1v) is 7.26. The van der Waals surface area contributed by atoms with E-state index in [4.69, 9.17) is 11.6 Å². The van der Waals surface area contributed by atoms with Crippen LogP contribution in [0.2, 0.25) is 5.02 Å². The summed E-state index contributed by atoms with van der Waals surface area (Å²) in [7, 11) is 0. The van der Waals surface area contributed by atoms with Gasteiger partial charge < -0.3 is 10.2 Å². The van der Waals surface area contributed by atoms with Crippen LogP contribution >= 0.6 is 11.6 Å². The van der Waals surface area contributed by atoms with Gasteiger partial charge in [-0.25, -0.2) is 0 Å². The first-order valence-electron chi connectivity index (χ1n) is 6.88. The molecule has 0 radical (unpaired) electrons. The predicted molar refractivity (Wildman–Crippen MR) is 73.1 cm³/mol. The molecule has 2 aliphatic rings. The molecule has 1 N–H and O–H groups in total. The minimum absolute atomic E-state index is 0.0419. The van der Waals surface area contributed by atoms with Gasteiger partial charge in [-0.05, 0) is 12.8 Å². The third-order valence-electron chi connectivity index (χ3n) is 3.76. The molecule has 3 rings (SSSR count). The van der Waals surface area contributed by atoms with Gasteiger partial charge in [0, 0.05) is 31.7 Å². The van der Waals surface area contributed by atoms with Gasteiger partial charge in [0.15, 0.2) is 0 Å². The highest BCUT2D eigenvalue weighted by atomic mass is 35.5. The first-order chi connectivity index (χ1) is 9.63. The average molecular weight is 297 g/mol. The highest BCUT2D eigenvalue weighted by Gasteiger charge is 2.41. The van der Waals surface area contributed by atoms with Gasteiger partial charge >= 0.3 is 0 Å². The number of halogens is 1. The Morgan fingerprint density at radius 1 is 1.50 bits per heavy atom. The standard InChI is InChI=1S/C13H17ClN4O2/c14-10-6-16-17(8-10)4-3-15-13(20)9-5-12(19)18(7-9)11-1-2-11/h6,8-9,11H,1-5,7H2,(H,15,20)/t9-/m0/s1. The van der Waals surface area contributed by atoms with Crippen LogP contribution in [-0.4, -0.2) is 45.6 Å². The van der Waals surface area contributed by atoms with Gasteiger partial charge in [0.25, 0.3) is 0 Å². The Balaban J connectivity index is 1.44. The van der Waals surface area contributed by atoms with Crippen LogP contribution in [0.4, 0.5) is 0 Å². The molecule has 108 valence electrons. The third-order valence-corrected chi connectivity index (χ3v) is 3.95. The fourth-order valence-corrected chi connectivity index (χ4v) is 2.70. The lowest BCUT2D eigenvalue weighted by Crippen LogP contribution is -2.35. The molecule has 1 saturated carbocycles. The SMILES string of the molecule is O=C(NCCn1cc(Cl)cn1)[C@H]1CC(=O)N(C2CC2)C1. The van der Waals surface area contributed by atoms with Gasteiger partial charge in [-0.2, -0.15) is 5.10 Å². The maximum absolute atomic E-state index is 12.0. The van der Waals surface area contributed by atoms with Crippen molar-refractivity contribution in [2.45, 2.75) is 31.8 Å². The van der Waals surface area contributed by atoms with Crippen LogP contribution in [0, 0.1) is 5.92 Å². The summed E-state index contributed by atoms with van der Waals surface area (Å²) >= 11 is 5.76. The smallest absolute Gasteiger partial charge is 0.225 e. The van der Waals surface area contributed by atoms with E-state index in [9.17, 15) is 9.59 Å². The number of amides is 2. The summed E-state index contributed by atoms with van der Waals surface area (Å²) < 4.78 is 1.68. The van der Waals surface area contributed by atoms with E-state index in [-0.39, 0.29) is 17.7 Å². The Kier molecular flexibility index (Phi) is 3.65. The Hall–Kier alpha value is -1.56. The zero-order chi connectivity index (χ0) is 14.1. The number of carbonyl (C=O) groups excluding carboxylic acids is 2. The molecule has 2 heterocycles. The topological polar surface area (TPSA) is 67.2 Å². The third kappa shape index (κ3) is 2.95. The average Bonchev–Trinajstić information content (AvgIpc) is 3.06. The molecule has 0 bridgehead atoms. The largest absolute Gasteiger partial charge is 0.354 e. The molecule has 6 nitrogen and oxygen atoms in total. The number of rotatable bonds is 5. The maximum Gasteiger partial charge on any atom is 0.225 e. The minimum Gasteiger partial charge on any atom is -0.354 e. The van der Waals surface area contributed by atoms with Crippen molar-refractivity contribution in [2.24, 2.45) is 5.92 Å². The van der Waals surface area contributed by atoms with Crippen molar-refractivity contribution in [3.05, 3.63) is 17.4 Å². The maximum atomic E-state index is 12.0. The molecule has 1 aromatic rings. The molecule has 0 aromatic carbocycles. The molecule has 1 atom stereocenters. The summed E-state index contributed by atoms with van der Waals surface area (Å²) in [5, 5.41) is 7.48. The van der Waals surface area contributed by atoms with Gasteiger partial charge in [-0.15, -0.1) is 0 Å². The van der Waals surface area contributed by atoms with Crippen LogP contribution in [-0.2, 0) is 16.1 Å². The predicted octanol–water partition coefficient (Wildman–Crippen LogP) is 0.664. The number of nitrogens with zero attached hydrogens (tertiary/aromatic N) is 3. The van der Waals surface area contributed by atoms with Crippen LogP contribution in [0.5, 0.6) is 0 Å². The van der Waals surface area contributed by atoms with Crippen molar-refractivity contribution >= 4 is 23.4 Å². The van der Waals surface area contributed by atoms with E-state index in [1.54, 1.807) is 17.1 Å². The second-order valence-electron chi connectivity index (χ2n) is 5.39. The van der Waals surface area contributed by atoms with Gasteiger partial charge in [0.1, 0.15) is 0 Å². The highest BCUT2D eigenvalue weighted by Crippen LogP contribution is 2.32. The van der Waals surface area contributed by atoms with Crippen molar-refractivity contribution in [1.29, 1.82) is 0 Å². The van der Waals surface area contributed by atoms with Crippen molar-refractivity contribution in [2.75, 3.05) is 13.1 Å². The van der Waals surface area contributed by atoms with Crippen molar-refractivity contribution in [3.63, 3.8) is 0 Å². The van der Waals surface area contributed by atoms with Gasteiger partial charge in [0.2, 0.25) is 11.8 Å². The molecule has 0 spiro atoms. The monoisotopic (exact) mass is 296 g/mol. The van der Waals surface area contributed by atoms with Crippen molar-refractivity contribution in [1.82, 2.24) is 20.0 Å². The Morgan fingerprint density at radius 3 is 2.95 bits per heavy atom. The first kappa shape index (κ1) is 13.4. The minimum atomic E-state index is -0.204. The quantitative estimate of drug-likeness (QED) is 0.868. The number of nitrogens with one attached hydrogen (secondary N) is 1. The molecule has 1 aromatic heterocycles. The van der Waals surface area contributed by atoms with Crippen molar-refractivity contribution < 1.29 is 9.59 Å². The summed E-state index contributed by atoms with van der Waals surface area (Å²) in [5.74, 6) is -0.129.